The summed E-state index contributed by atoms with van der Waals surface area (Å²) < 4.78 is 35.5. The Bertz CT molecular complexity index is 1400. The number of rotatable bonds is 11. The van der Waals surface area contributed by atoms with E-state index in [1.54, 1.807) is 25.1 Å². The lowest BCUT2D eigenvalue weighted by Gasteiger charge is -2.54. The van der Waals surface area contributed by atoms with Gasteiger partial charge in [0.2, 0.25) is 0 Å². The number of anilines is 1. The van der Waals surface area contributed by atoms with Gasteiger partial charge in [0.25, 0.3) is 6.43 Å². The molecule has 0 unspecified atom stereocenters. The molecule has 1 amide bonds. The second-order valence-electron chi connectivity index (χ2n) is 12.1. The SMILES string of the molecule is CCC[C@@H](O)COc1ccc(Cl)c(-c2nc(C(C(C)=N)=C(C)C)c(C)c(N3CC4(CCN(C(=O)OCC(F)F)CC4)C3)n2)c1. The summed E-state index contributed by atoms with van der Waals surface area (Å²) in [4.78, 5) is 25.8. The Labute approximate surface area is 262 Å². The number of halogens is 3. The average Bonchev–Trinajstić information content (AvgIpc) is 2.95. The topological polar surface area (TPSA) is 112 Å². The maximum Gasteiger partial charge on any atom is 0.409 e. The number of carbonyl (C=O) groups is 1. The third kappa shape index (κ3) is 7.66. The van der Waals surface area contributed by atoms with Crippen LogP contribution in [0.4, 0.5) is 19.4 Å². The van der Waals surface area contributed by atoms with Gasteiger partial charge in [-0.1, -0.05) is 30.5 Å². The van der Waals surface area contributed by atoms with Gasteiger partial charge < -0.3 is 29.8 Å². The molecule has 4 rings (SSSR count). The lowest BCUT2D eigenvalue weighted by molar-refractivity contribution is 0.0160. The standard InChI is InChI=1S/C32H42ClF2N5O4/c1-6-7-22(41)15-43-23-8-9-25(33)24(14-23)29-37-28(27(19(2)3)21(5)36)20(4)30(38-29)40-17-32(18-40)10-12-39(13-11-32)31(42)44-16-26(34)35/h8-9,14,22,26,36,41H,6-7,10-13,15-18H2,1-5H3/t22-/m1/s1. The number of likely N-dealkylation sites (tertiary alicyclic amines) is 1. The number of hydrogen-bond acceptors (Lipinski definition) is 8. The summed E-state index contributed by atoms with van der Waals surface area (Å²) in [6.45, 7) is 11.2. The largest absolute Gasteiger partial charge is 0.491 e. The summed E-state index contributed by atoms with van der Waals surface area (Å²) in [6.07, 6.45) is -1.01. The molecule has 0 saturated carbocycles. The number of nitrogens with zero attached hydrogens (tertiary/aromatic N) is 4. The fourth-order valence-corrected chi connectivity index (χ4v) is 6.16. The third-order valence-corrected chi connectivity index (χ3v) is 8.57. The molecular formula is C32H42ClF2N5O4. The molecule has 2 N–H and O–H groups in total. The number of ether oxygens (including phenoxy) is 2. The zero-order chi connectivity index (χ0) is 32.2. The first-order chi connectivity index (χ1) is 20.8. The highest BCUT2D eigenvalue weighted by Crippen LogP contribution is 2.44. The van der Waals surface area contributed by atoms with Gasteiger partial charge in [0, 0.05) is 54.0 Å². The molecule has 1 spiro atoms. The Kier molecular flexibility index (Phi) is 10.8. The molecule has 0 radical (unpaired) electrons. The van der Waals surface area contributed by atoms with Crippen molar-refractivity contribution in [1.29, 1.82) is 5.41 Å². The Balaban J connectivity index is 1.62. The first-order valence-electron chi connectivity index (χ1n) is 15.0. The minimum atomic E-state index is -2.69. The van der Waals surface area contributed by atoms with Gasteiger partial charge in [-0.3, -0.25) is 0 Å². The normalized spacial score (nSPS) is 16.5. The molecule has 0 aliphatic carbocycles. The van der Waals surface area contributed by atoms with Crippen molar-refractivity contribution in [2.24, 2.45) is 5.41 Å². The zero-order valence-corrected chi connectivity index (χ0v) is 26.8. The summed E-state index contributed by atoms with van der Waals surface area (Å²) in [5.41, 5.74) is 4.15. The Morgan fingerprint density at radius 1 is 1.16 bits per heavy atom. The molecule has 3 heterocycles. The maximum atomic E-state index is 12.5. The Morgan fingerprint density at radius 3 is 2.43 bits per heavy atom. The van der Waals surface area contributed by atoms with Crippen LogP contribution in [0.15, 0.2) is 23.8 Å². The predicted molar refractivity (Wildman–Crippen MR) is 168 cm³/mol. The van der Waals surface area contributed by atoms with Crippen LogP contribution in [0, 0.1) is 17.7 Å². The molecule has 2 saturated heterocycles. The second kappa shape index (κ2) is 14.2. The third-order valence-electron chi connectivity index (χ3n) is 8.24. The van der Waals surface area contributed by atoms with Crippen molar-refractivity contribution in [1.82, 2.24) is 14.9 Å². The number of hydrogen-bond donors (Lipinski definition) is 2. The number of benzene rings is 1. The highest BCUT2D eigenvalue weighted by molar-refractivity contribution is 6.33. The lowest BCUT2D eigenvalue weighted by atomic mass is 9.72. The van der Waals surface area contributed by atoms with E-state index in [9.17, 15) is 18.7 Å². The van der Waals surface area contributed by atoms with Crippen LogP contribution in [0.25, 0.3) is 17.0 Å². The molecule has 240 valence electrons. The van der Waals surface area contributed by atoms with E-state index in [0.717, 1.165) is 41.8 Å². The van der Waals surface area contributed by atoms with E-state index in [2.05, 4.69) is 4.90 Å². The number of nitrogens with one attached hydrogen (secondary N) is 1. The molecule has 44 heavy (non-hydrogen) atoms. The van der Waals surface area contributed by atoms with Gasteiger partial charge in [0.05, 0.1) is 16.8 Å². The van der Waals surface area contributed by atoms with Gasteiger partial charge in [-0.2, -0.15) is 0 Å². The highest BCUT2D eigenvalue weighted by atomic mass is 35.5. The molecule has 12 heteroatoms. The zero-order valence-electron chi connectivity index (χ0n) is 26.1. The van der Waals surface area contributed by atoms with E-state index >= 15 is 0 Å². The molecule has 2 fully saturated rings. The number of aromatic nitrogens is 2. The molecular weight excluding hydrogens is 592 g/mol. The first-order valence-corrected chi connectivity index (χ1v) is 15.4. The van der Waals surface area contributed by atoms with Crippen LogP contribution < -0.4 is 9.64 Å². The van der Waals surface area contributed by atoms with Crippen molar-refractivity contribution >= 4 is 34.8 Å². The van der Waals surface area contributed by atoms with E-state index < -0.39 is 25.2 Å². The Morgan fingerprint density at radius 2 is 1.84 bits per heavy atom. The van der Waals surface area contributed by atoms with E-state index in [-0.39, 0.29) is 12.0 Å². The van der Waals surface area contributed by atoms with Gasteiger partial charge in [-0.15, -0.1) is 0 Å². The maximum absolute atomic E-state index is 12.5. The monoisotopic (exact) mass is 633 g/mol. The van der Waals surface area contributed by atoms with Crippen LogP contribution in [0.5, 0.6) is 5.75 Å². The number of allylic oxidation sites excluding steroid dienone is 2. The summed E-state index contributed by atoms with van der Waals surface area (Å²) in [7, 11) is 0. The van der Waals surface area contributed by atoms with Crippen LogP contribution in [0.2, 0.25) is 5.02 Å². The number of carbonyl (C=O) groups excluding carboxylic acids is 1. The van der Waals surface area contributed by atoms with E-state index in [0.29, 0.717) is 66.2 Å². The van der Waals surface area contributed by atoms with Crippen molar-refractivity contribution in [3.8, 4) is 17.1 Å². The molecule has 1 aromatic heterocycles. The summed E-state index contributed by atoms with van der Waals surface area (Å²) in [5, 5.41) is 19.1. The molecule has 1 atom stereocenters. The number of alkyl halides is 2. The van der Waals surface area contributed by atoms with Crippen LogP contribution >= 0.6 is 11.6 Å². The van der Waals surface area contributed by atoms with Crippen molar-refractivity contribution in [2.45, 2.75) is 72.8 Å². The van der Waals surface area contributed by atoms with Crippen LogP contribution in [0.1, 0.15) is 64.6 Å². The van der Waals surface area contributed by atoms with Gasteiger partial charge in [0.15, 0.2) is 12.4 Å². The fraction of sp³-hybridized carbons (Fsp3) is 0.562. The predicted octanol–water partition coefficient (Wildman–Crippen LogP) is 6.78. The highest BCUT2D eigenvalue weighted by Gasteiger charge is 2.47. The van der Waals surface area contributed by atoms with E-state index in [1.165, 1.54) is 4.90 Å². The van der Waals surface area contributed by atoms with Crippen molar-refractivity contribution < 1.29 is 28.2 Å². The first kappa shape index (κ1) is 33.6. The number of piperidine rings is 1. The van der Waals surface area contributed by atoms with Crippen molar-refractivity contribution in [2.75, 3.05) is 44.3 Å². The summed E-state index contributed by atoms with van der Waals surface area (Å²) in [5.74, 6) is 1.69. The number of amides is 1. The van der Waals surface area contributed by atoms with Gasteiger partial charge >= 0.3 is 6.09 Å². The fourth-order valence-electron chi connectivity index (χ4n) is 5.96. The minimum Gasteiger partial charge on any atom is -0.491 e. The molecule has 2 aromatic rings. The minimum absolute atomic E-state index is 0.0290. The average molecular weight is 634 g/mol. The summed E-state index contributed by atoms with van der Waals surface area (Å²) in [6, 6.07) is 5.25. The molecule has 2 aliphatic heterocycles. The number of aliphatic hydroxyl groups is 1. The molecule has 9 nitrogen and oxygen atoms in total. The van der Waals surface area contributed by atoms with Crippen LogP contribution in [0.3, 0.4) is 0 Å². The van der Waals surface area contributed by atoms with Crippen molar-refractivity contribution in [3.63, 3.8) is 0 Å². The summed E-state index contributed by atoms with van der Waals surface area (Å²) >= 11 is 6.68. The van der Waals surface area contributed by atoms with Gasteiger partial charge in [-0.05, 0) is 65.2 Å². The molecule has 2 aliphatic rings. The smallest absolute Gasteiger partial charge is 0.409 e. The molecule has 0 bridgehead atoms. The number of aliphatic hydroxyl groups excluding tert-OH is 1. The van der Waals surface area contributed by atoms with E-state index in [4.69, 9.17) is 36.5 Å². The molecule has 1 aromatic carbocycles. The van der Waals surface area contributed by atoms with Crippen molar-refractivity contribution in [3.05, 3.63) is 40.1 Å². The quantitative estimate of drug-likeness (QED) is 0.262. The van der Waals surface area contributed by atoms with Gasteiger partial charge in [-0.25, -0.2) is 23.5 Å². The van der Waals surface area contributed by atoms with Crippen LogP contribution in [-0.4, -0.2) is 83.7 Å². The Hall–Kier alpha value is -3.31. The van der Waals surface area contributed by atoms with E-state index in [1.807, 2.05) is 27.7 Å². The second-order valence-corrected chi connectivity index (χ2v) is 12.5. The lowest BCUT2D eigenvalue weighted by Crippen LogP contribution is -2.61. The van der Waals surface area contributed by atoms with Crippen LogP contribution in [-0.2, 0) is 4.74 Å². The van der Waals surface area contributed by atoms with Gasteiger partial charge in [0.1, 0.15) is 18.2 Å².